The molecule has 1 N–H and O–H groups in total. The highest BCUT2D eigenvalue weighted by atomic mass is 16.6. The van der Waals surface area contributed by atoms with Gasteiger partial charge in [0, 0.05) is 31.6 Å². The lowest BCUT2D eigenvalue weighted by Crippen LogP contribution is -2.58. The molecular formula is C23H34N4O4. The van der Waals surface area contributed by atoms with Crippen molar-refractivity contribution in [2.45, 2.75) is 51.7 Å². The van der Waals surface area contributed by atoms with E-state index >= 15 is 0 Å². The van der Waals surface area contributed by atoms with Crippen LogP contribution in [-0.2, 0) is 10.2 Å². The summed E-state index contributed by atoms with van der Waals surface area (Å²) < 4.78 is 16.9. The number of carbonyl (C=O) groups is 1. The summed E-state index contributed by atoms with van der Waals surface area (Å²) in [5.74, 6) is 2.54. The van der Waals surface area contributed by atoms with Gasteiger partial charge in [-0.25, -0.2) is 4.79 Å². The van der Waals surface area contributed by atoms with Crippen LogP contribution >= 0.6 is 0 Å². The molecule has 1 aromatic carbocycles. The Hall–Kier alpha value is -2.64. The van der Waals surface area contributed by atoms with Gasteiger partial charge >= 0.3 is 6.09 Å². The van der Waals surface area contributed by atoms with Crippen molar-refractivity contribution in [3.63, 3.8) is 0 Å². The van der Waals surface area contributed by atoms with Gasteiger partial charge in [-0.1, -0.05) is 19.9 Å². The lowest BCUT2D eigenvalue weighted by molar-refractivity contribution is 0.0137. The van der Waals surface area contributed by atoms with Crippen LogP contribution in [0.2, 0.25) is 0 Å². The summed E-state index contributed by atoms with van der Waals surface area (Å²) in [5.41, 5.74) is 0.593. The van der Waals surface area contributed by atoms with E-state index in [-0.39, 0.29) is 17.6 Å². The molecule has 4 rings (SSSR count). The van der Waals surface area contributed by atoms with Crippen LogP contribution in [-0.4, -0.2) is 79.4 Å². The normalized spacial score (nSPS) is 20.8. The fourth-order valence-corrected chi connectivity index (χ4v) is 4.09. The summed E-state index contributed by atoms with van der Waals surface area (Å²) in [6.07, 6.45) is -0.242. The maximum absolute atomic E-state index is 12.4. The van der Waals surface area contributed by atoms with Crippen LogP contribution in [0, 0.1) is 0 Å². The number of aliphatic imine (C=N–C) groups is 1. The van der Waals surface area contributed by atoms with Gasteiger partial charge in [0.25, 0.3) is 0 Å². The van der Waals surface area contributed by atoms with Gasteiger partial charge in [-0.2, -0.15) is 0 Å². The molecule has 0 aliphatic carbocycles. The number of hydrogen-bond acceptors (Lipinski definition) is 7. The van der Waals surface area contributed by atoms with Crippen molar-refractivity contribution in [2.24, 2.45) is 4.99 Å². The molecule has 0 aromatic heterocycles. The average Bonchev–Trinajstić information content (AvgIpc) is 3.13. The maximum atomic E-state index is 12.4. The van der Waals surface area contributed by atoms with E-state index in [4.69, 9.17) is 19.2 Å². The molecule has 3 aliphatic heterocycles. The van der Waals surface area contributed by atoms with E-state index in [0.717, 1.165) is 30.5 Å². The molecule has 1 atom stereocenters. The van der Waals surface area contributed by atoms with Crippen LogP contribution in [0.4, 0.5) is 4.79 Å². The number of carbonyl (C=O) groups excluding carboxylic acids is 1. The van der Waals surface area contributed by atoms with Gasteiger partial charge in [0.15, 0.2) is 17.5 Å². The Kier molecular flexibility index (Phi) is 5.66. The van der Waals surface area contributed by atoms with Crippen molar-refractivity contribution in [1.29, 1.82) is 0 Å². The molecule has 0 saturated carbocycles. The van der Waals surface area contributed by atoms with Crippen molar-refractivity contribution in [1.82, 2.24) is 15.1 Å². The number of benzene rings is 1. The maximum Gasteiger partial charge on any atom is 0.410 e. The minimum Gasteiger partial charge on any atom is -0.486 e. The highest BCUT2D eigenvalue weighted by molar-refractivity contribution is 5.82. The van der Waals surface area contributed by atoms with Crippen LogP contribution < -0.4 is 14.8 Å². The lowest BCUT2D eigenvalue weighted by Gasteiger charge is -2.39. The van der Waals surface area contributed by atoms with Gasteiger partial charge in [0.2, 0.25) is 0 Å². The Morgan fingerprint density at radius 3 is 2.65 bits per heavy atom. The molecule has 8 heteroatoms. The van der Waals surface area contributed by atoms with E-state index in [0.29, 0.717) is 32.8 Å². The Labute approximate surface area is 184 Å². The smallest absolute Gasteiger partial charge is 0.410 e. The van der Waals surface area contributed by atoms with Crippen molar-refractivity contribution < 1.29 is 19.0 Å². The second kappa shape index (κ2) is 8.13. The minimum absolute atomic E-state index is 0.116. The van der Waals surface area contributed by atoms with Gasteiger partial charge in [-0.05, 0) is 38.5 Å². The summed E-state index contributed by atoms with van der Waals surface area (Å²) in [5, 5.41) is 3.55. The van der Waals surface area contributed by atoms with E-state index in [1.54, 1.807) is 4.90 Å². The van der Waals surface area contributed by atoms with Crippen LogP contribution in [0.15, 0.2) is 23.2 Å². The molecule has 0 spiro atoms. The number of hydrogen-bond donors (Lipinski definition) is 1. The molecular weight excluding hydrogens is 396 g/mol. The summed E-state index contributed by atoms with van der Waals surface area (Å²) in [4.78, 5) is 21.2. The van der Waals surface area contributed by atoms with Crippen molar-refractivity contribution in [3.8, 4) is 11.5 Å². The molecule has 1 saturated heterocycles. The zero-order valence-corrected chi connectivity index (χ0v) is 19.2. The highest BCUT2D eigenvalue weighted by Crippen LogP contribution is 2.35. The zero-order valence-electron chi connectivity index (χ0n) is 19.2. The van der Waals surface area contributed by atoms with E-state index in [2.05, 4.69) is 36.2 Å². The fraction of sp³-hybridized carbons (Fsp3) is 0.652. The monoisotopic (exact) mass is 430 g/mol. The van der Waals surface area contributed by atoms with Crippen LogP contribution in [0.3, 0.4) is 0 Å². The highest BCUT2D eigenvalue weighted by Gasteiger charge is 2.37. The average molecular weight is 431 g/mol. The van der Waals surface area contributed by atoms with E-state index in [1.807, 2.05) is 26.8 Å². The third-order valence-corrected chi connectivity index (χ3v) is 5.87. The fourth-order valence-electron chi connectivity index (χ4n) is 4.09. The molecule has 3 aliphatic rings. The first-order chi connectivity index (χ1) is 14.6. The van der Waals surface area contributed by atoms with Gasteiger partial charge in [0.05, 0.1) is 12.6 Å². The second-order valence-corrected chi connectivity index (χ2v) is 10.0. The number of guanidine groups is 1. The van der Waals surface area contributed by atoms with E-state index in [9.17, 15) is 4.79 Å². The van der Waals surface area contributed by atoms with Gasteiger partial charge in [-0.3, -0.25) is 4.99 Å². The van der Waals surface area contributed by atoms with Crippen molar-refractivity contribution in [3.05, 3.63) is 23.8 Å². The third kappa shape index (κ3) is 4.83. The number of ether oxygens (including phenoxy) is 3. The predicted octanol–water partition coefficient (Wildman–Crippen LogP) is 2.62. The molecule has 1 fully saturated rings. The Balaban J connectivity index is 1.33. The number of piperazine rings is 1. The SMILES string of the molecule is CC(C)(C)OC(=O)N1CCN2C(NCC(C)(C)c3ccc4c(c3)OCCO4)=NCC2C1. The molecule has 0 bridgehead atoms. The lowest BCUT2D eigenvalue weighted by atomic mass is 9.84. The number of rotatable bonds is 3. The Morgan fingerprint density at radius 1 is 1.16 bits per heavy atom. The zero-order chi connectivity index (χ0) is 22.2. The summed E-state index contributed by atoms with van der Waals surface area (Å²) in [6, 6.07) is 6.37. The topological polar surface area (TPSA) is 75.6 Å². The largest absolute Gasteiger partial charge is 0.486 e. The summed E-state index contributed by atoms with van der Waals surface area (Å²) in [7, 11) is 0. The number of amides is 1. The number of nitrogens with one attached hydrogen (secondary N) is 1. The third-order valence-electron chi connectivity index (χ3n) is 5.87. The number of nitrogens with zero attached hydrogens (tertiary/aromatic N) is 3. The first-order valence-corrected chi connectivity index (χ1v) is 11.1. The number of fused-ring (bicyclic) bond motifs is 2. The summed E-state index contributed by atoms with van der Waals surface area (Å²) in [6.45, 7) is 14.7. The Morgan fingerprint density at radius 2 is 1.90 bits per heavy atom. The molecule has 1 amide bonds. The second-order valence-electron chi connectivity index (χ2n) is 10.0. The van der Waals surface area contributed by atoms with E-state index in [1.165, 1.54) is 5.56 Å². The first-order valence-electron chi connectivity index (χ1n) is 11.1. The van der Waals surface area contributed by atoms with E-state index < -0.39 is 5.60 Å². The van der Waals surface area contributed by atoms with Crippen LogP contribution in [0.1, 0.15) is 40.2 Å². The molecule has 170 valence electrons. The van der Waals surface area contributed by atoms with Gasteiger partial charge in [-0.15, -0.1) is 0 Å². The molecule has 1 aromatic rings. The van der Waals surface area contributed by atoms with Crippen molar-refractivity contribution in [2.75, 3.05) is 45.9 Å². The predicted molar refractivity (Wildman–Crippen MR) is 119 cm³/mol. The molecule has 8 nitrogen and oxygen atoms in total. The molecule has 0 radical (unpaired) electrons. The molecule has 31 heavy (non-hydrogen) atoms. The van der Waals surface area contributed by atoms with Crippen LogP contribution in [0.25, 0.3) is 0 Å². The Bertz CT molecular complexity index is 862. The molecule has 3 heterocycles. The first kappa shape index (κ1) is 21.6. The van der Waals surface area contributed by atoms with Gasteiger partial charge < -0.3 is 29.3 Å². The van der Waals surface area contributed by atoms with Gasteiger partial charge in [0.1, 0.15) is 18.8 Å². The van der Waals surface area contributed by atoms with Crippen LogP contribution in [0.5, 0.6) is 11.5 Å². The minimum atomic E-state index is -0.480. The summed E-state index contributed by atoms with van der Waals surface area (Å²) >= 11 is 0. The standard InChI is InChI=1S/C23H34N4O4/c1-22(2,3)31-21(28)26-8-9-27-17(14-26)13-24-20(27)25-15-23(4,5)16-6-7-18-19(12-16)30-11-10-29-18/h6-7,12,17H,8-11,13-15H2,1-5H3,(H,24,25). The molecule has 1 unspecified atom stereocenters. The quantitative estimate of drug-likeness (QED) is 0.795. The van der Waals surface area contributed by atoms with Crippen molar-refractivity contribution >= 4 is 12.1 Å².